The smallest absolute Gasteiger partial charge is 0.135 e. The third kappa shape index (κ3) is 6.62. The SMILES string of the molecule is Cc1cc(C(C)(C)C)cc(C)c1N1[CH-]N(c2[c-]c(Oc3[c-]c4c(cc3)c3ccccc3n4-c3cc(C(C)(C)C)ccn3)cc3sc4ccccc4c23)c2ccccc21.[Pt]. The number of thiophene rings is 1. The molecule has 0 bridgehead atoms. The number of hydrogen-bond acceptors (Lipinski definition) is 5. The first-order chi connectivity index (χ1) is 27.8. The fraction of sp³-hybridized carbons (Fsp3) is 0.192. The van der Waals surface area contributed by atoms with Gasteiger partial charge in [-0.05, 0) is 88.7 Å². The summed E-state index contributed by atoms with van der Waals surface area (Å²) in [6.07, 6.45) is 1.91. The van der Waals surface area contributed by atoms with Crippen LogP contribution in [0.1, 0.15) is 63.8 Å². The molecule has 0 spiro atoms. The minimum Gasteiger partial charge on any atom is -0.509 e. The van der Waals surface area contributed by atoms with Crippen molar-refractivity contribution in [2.75, 3.05) is 9.80 Å². The fourth-order valence-corrected chi connectivity index (χ4v) is 9.65. The molecule has 0 amide bonds. The van der Waals surface area contributed by atoms with Crippen LogP contribution in [0.3, 0.4) is 0 Å². The molecule has 10 rings (SSSR count). The largest absolute Gasteiger partial charge is 0.509 e. The molecule has 0 atom stereocenters. The van der Waals surface area contributed by atoms with E-state index >= 15 is 0 Å². The number of anilines is 4. The predicted molar refractivity (Wildman–Crippen MR) is 244 cm³/mol. The molecule has 3 aromatic heterocycles. The second kappa shape index (κ2) is 14.4. The summed E-state index contributed by atoms with van der Waals surface area (Å²) < 4.78 is 11.4. The average Bonchev–Trinajstić information content (AvgIpc) is 3.86. The van der Waals surface area contributed by atoms with Gasteiger partial charge in [-0.15, -0.1) is 36.3 Å². The van der Waals surface area contributed by atoms with Gasteiger partial charge in [-0.2, -0.15) is 17.4 Å². The molecule has 7 heteroatoms. The van der Waals surface area contributed by atoms with E-state index in [0.717, 1.165) is 54.8 Å². The van der Waals surface area contributed by atoms with Crippen LogP contribution in [0.4, 0.5) is 22.7 Å². The van der Waals surface area contributed by atoms with Gasteiger partial charge in [0.25, 0.3) is 0 Å². The van der Waals surface area contributed by atoms with E-state index in [4.69, 9.17) is 9.72 Å². The third-order valence-corrected chi connectivity index (χ3v) is 12.6. The molecule has 1 aliphatic heterocycles. The molecule has 6 aromatic carbocycles. The van der Waals surface area contributed by atoms with Crippen LogP contribution < -0.4 is 14.5 Å². The first kappa shape index (κ1) is 39.1. The normalized spacial score (nSPS) is 13.2. The number of nitrogens with zero attached hydrogens (tertiary/aromatic N) is 4. The maximum Gasteiger partial charge on any atom is 0.135 e. The van der Waals surface area contributed by atoms with Crippen LogP contribution in [0.25, 0.3) is 47.8 Å². The van der Waals surface area contributed by atoms with Crippen molar-refractivity contribution < 1.29 is 25.8 Å². The van der Waals surface area contributed by atoms with Gasteiger partial charge in [-0.1, -0.05) is 129 Å². The maximum absolute atomic E-state index is 6.85. The minimum atomic E-state index is -0.0218. The fourth-order valence-electron chi connectivity index (χ4n) is 8.51. The van der Waals surface area contributed by atoms with Crippen LogP contribution in [0, 0.1) is 32.6 Å². The van der Waals surface area contributed by atoms with E-state index in [9.17, 15) is 0 Å². The molecule has 0 aliphatic carbocycles. The number of rotatable bonds is 5. The van der Waals surface area contributed by atoms with Gasteiger partial charge >= 0.3 is 0 Å². The quantitative estimate of drug-likeness (QED) is 0.161. The summed E-state index contributed by atoms with van der Waals surface area (Å²) in [5.74, 6) is 2.11. The number of hydrogen-bond donors (Lipinski definition) is 0. The Hall–Kier alpha value is -5.42. The van der Waals surface area contributed by atoms with Crippen molar-refractivity contribution in [1.82, 2.24) is 9.55 Å². The molecular formula is C52H45N4OPtS-3. The predicted octanol–water partition coefficient (Wildman–Crippen LogP) is 14.6. The molecule has 0 saturated carbocycles. The van der Waals surface area contributed by atoms with Crippen molar-refractivity contribution in [1.29, 1.82) is 0 Å². The van der Waals surface area contributed by atoms with Gasteiger partial charge in [0.15, 0.2) is 0 Å². The summed E-state index contributed by atoms with van der Waals surface area (Å²) in [5.41, 5.74) is 11.4. The minimum absolute atomic E-state index is 0. The van der Waals surface area contributed by atoms with Crippen LogP contribution in [-0.2, 0) is 31.9 Å². The second-order valence-electron chi connectivity index (χ2n) is 17.6. The van der Waals surface area contributed by atoms with E-state index in [-0.39, 0.29) is 31.9 Å². The summed E-state index contributed by atoms with van der Waals surface area (Å²) in [5, 5.41) is 4.60. The van der Waals surface area contributed by atoms with Gasteiger partial charge in [0, 0.05) is 66.0 Å². The van der Waals surface area contributed by atoms with Crippen molar-refractivity contribution >= 4 is 76.1 Å². The van der Waals surface area contributed by atoms with Gasteiger partial charge in [-0.3, -0.25) is 0 Å². The van der Waals surface area contributed by atoms with Crippen molar-refractivity contribution in [3.8, 4) is 17.3 Å². The summed E-state index contributed by atoms with van der Waals surface area (Å²) in [6.45, 7) is 20.2. The molecule has 0 saturated heterocycles. The molecule has 9 aromatic rings. The zero-order valence-corrected chi connectivity index (χ0v) is 37.6. The first-order valence-corrected chi connectivity index (χ1v) is 20.8. The van der Waals surface area contributed by atoms with E-state index in [1.54, 1.807) is 11.3 Å². The number of aryl methyl sites for hydroxylation is 2. The third-order valence-electron chi connectivity index (χ3n) is 11.5. The van der Waals surface area contributed by atoms with E-state index in [0.29, 0.717) is 11.5 Å². The Morgan fingerprint density at radius 1 is 0.627 bits per heavy atom. The number of benzene rings is 6. The standard InChI is InChI=1S/C52H45N4OS.Pt/c1-32-25-35(52(6,7)8)26-33(2)50(32)55-31-54(42-18-12-13-19-43(42)55)45-29-37(30-47-49(45)40-16-10-14-20-46(40)58-47)57-36-21-22-39-38-15-9-11-17-41(38)56(44(39)28-36)48-27-34(23-24-53-48)51(3,4)5;/h9-27,30-31H,1-8H3;/q-3;. The van der Waals surface area contributed by atoms with Crippen LogP contribution in [0.2, 0.25) is 0 Å². The molecule has 0 N–H and O–H groups in total. The Balaban J connectivity index is 0.00000449. The van der Waals surface area contributed by atoms with Crippen molar-refractivity contribution in [2.24, 2.45) is 0 Å². The Bertz CT molecular complexity index is 3070. The number of aromatic nitrogens is 2. The van der Waals surface area contributed by atoms with Crippen LogP contribution >= 0.6 is 11.3 Å². The van der Waals surface area contributed by atoms with E-state index in [1.807, 2.05) is 12.3 Å². The van der Waals surface area contributed by atoms with Gasteiger partial charge in [0.1, 0.15) is 5.82 Å². The summed E-state index contributed by atoms with van der Waals surface area (Å²) in [7, 11) is 0. The van der Waals surface area contributed by atoms with Gasteiger partial charge in [0.2, 0.25) is 0 Å². The molecule has 59 heavy (non-hydrogen) atoms. The number of pyridine rings is 1. The number of ether oxygens (including phenoxy) is 1. The summed E-state index contributed by atoms with van der Waals surface area (Å²) >= 11 is 1.78. The number of para-hydroxylation sites is 3. The molecule has 0 fully saturated rings. The average molecular weight is 969 g/mol. The van der Waals surface area contributed by atoms with Gasteiger partial charge in [-0.25, -0.2) is 4.98 Å². The monoisotopic (exact) mass is 968 g/mol. The Labute approximate surface area is 365 Å². The molecule has 0 unspecified atom stereocenters. The molecular weight excluding hydrogens is 924 g/mol. The second-order valence-corrected chi connectivity index (χ2v) is 18.6. The molecule has 0 radical (unpaired) electrons. The summed E-state index contributed by atoms with van der Waals surface area (Å²) in [4.78, 5) is 9.51. The Morgan fingerprint density at radius 3 is 2.02 bits per heavy atom. The van der Waals surface area contributed by atoms with Gasteiger partial charge < -0.3 is 19.1 Å². The van der Waals surface area contributed by atoms with Crippen LogP contribution in [-0.4, -0.2) is 9.55 Å². The topological polar surface area (TPSA) is 33.5 Å². The van der Waals surface area contributed by atoms with Crippen molar-refractivity contribution in [2.45, 2.75) is 66.2 Å². The van der Waals surface area contributed by atoms with E-state index in [2.05, 4.69) is 198 Å². The molecule has 1 aliphatic rings. The zero-order chi connectivity index (χ0) is 40.1. The Kier molecular flexibility index (Phi) is 9.53. The van der Waals surface area contributed by atoms with Crippen LogP contribution in [0.15, 0.2) is 121 Å². The van der Waals surface area contributed by atoms with E-state index < -0.39 is 0 Å². The van der Waals surface area contributed by atoms with Crippen LogP contribution in [0.5, 0.6) is 11.5 Å². The van der Waals surface area contributed by atoms with Gasteiger partial charge in [0.05, 0.1) is 0 Å². The molecule has 4 heterocycles. The Morgan fingerprint density at radius 2 is 1.29 bits per heavy atom. The van der Waals surface area contributed by atoms with Crippen molar-refractivity contribution in [3.05, 3.63) is 163 Å². The summed E-state index contributed by atoms with van der Waals surface area (Å²) in [6, 6.07) is 48.5. The first-order valence-electron chi connectivity index (χ1n) is 20.0. The molecule has 5 nitrogen and oxygen atoms in total. The number of fused-ring (bicyclic) bond motifs is 7. The molecule has 298 valence electrons. The zero-order valence-electron chi connectivity index (χ0n) is 34.5. The maximum atomic E-state index is 6.85. The van der Waals surface area contributed by atoms with Crippen molar-refractivity contribution in [3.63, 3.8) is 0 Å². The van der Waals surface area contributed by atoms with E-state index in [1.165, 1.54) is 38.0 Å².